The first-order valence-corrected chi connectivity index (χ1v) is 5.89. The van der Waals surface area contributed by atoms with E-state index < -0.39 is 0 Å². The van der Waals surface area contributed by atoms with E-state index in [-0.39, 0.29) is 5.92 Å². The highest BCUT2D eigenvalue weighted by atomic mass is 35.5. The van der Waals surface area contributed by atoms with E-state index in [0.29, 0.717) is 17.1 Å². The Hall–Kier alpha value is -1.53. The number of halogens is 1. The molecule has 0 amide bonds. The lowest BCUT2D eigenvalue weighted by Crippen LogP contribution is -2.28. The Kier molecular flexibility index (Phi) is 4.99. The summed E-state index contributed by atoms with van der Waals surface area (Å²) in [6.45, 7) is 5.16. The molecule has 90 valence electrons. The third-order valence-corrected chi connectivity index (χ3v) is 2.79. The van der Waals surface area contributed by atoms with Gasteiger partial charge in [-0.3, -0.25) is 4.79 Å². The van der Waals surface area contributed by atoms with Crippen LogP contribution in [0.4, 0.5) is 5.69 Å². The summed E-state index contributed by atoms with van der Waals surface area (Å²) < 4.78 is 0. The van der Waals surface area contributed by atoms with Gasteiger partial charge in [-0.25, -0.2) is 0 Å². The van der Waals surface area contributed by atoms with Crippen LogP contribution in [-0.4, -0.2) is 19.4 Å². The van der Waals surface area contributed by atoms with E-state index in [1.165, 1.54) is 0 Å². The van der Waals surface area contributed by atoms with Crippen LogP contribution in [0.1, 0.15) is 24.2 Å². The maximum Gasteiger partial charge on any atom is 0.152 e. The number of nitrogens with zero attached hydrogens (tertiary/aromatic N) is 2. The van der Waals surface area contributed by atoms with Crippen molar-refractivity contribution in [1.82, 2.24) is 0 Å². The largest absolute Gasteiger partial charge is 0.370 e. The number of anilines is 1. The lowest BCUT2D eigenvalue weighted by atomic mass is 10.1. The van der Waals surface area contributed by atoms with Crippen LogP contribution in [-0.2, 0) is 0 Å². The summed E-state index contributed by atoms with van der Waals surface area (Å²) in [6, 6.07) is 7.34. The van der Waals surface area contributed by atoms with Crippen molar-refractivity contribution in [2.24, 2.45) is 5.92 Å². The van der Waals surface area contributed by atoms with E-state index in [1.807, 2.05) is 18.7 Å². The van der Waals surface area contributed by atoms with Gasteiger partial charge < -0.3 is 4.90 Å². The lowest BCUT2D eigenvalue weighted by molar-refractivity contribution is 0.112. The summed E-state index contributed by atoms with van der Waals surface area (Å²) in [5.74, 6) is -0.0894. The monoisotopic (exact) mass is 250 g/mol. The van der Waals surface area contributed by atoms with Crippen molar-refractivity contribution in [2.45, 2.75) is 13.8 Å². The van der Waals surface area contributed by atoms with Gasteiger partial charge in [0.15, 0.2) is 6.29 Å². The second-order valence-corrected chi connectivity index (χ2v) is 4.33. The molecule has 0 heterocycles. The van der Waals surface area contributed by atoms with Crippen molar-refractivity contribution in [3.63, 3.8) is 0 Å². The molecule has 0 saturated heterocycles. The topological polar surface area (TPSA) is 44.1 Å². The van der Waals surface area contributed by atoms with Gasteiger partial charge in [0.05, 0.1) is 12.0 Å². The lowest BCUT2D eigenvalue weighted by Gasteiger charge is -2.25. The molecule has 1 unspecified atom stereocenters. The molecule has 1 atom stereocenters. The Morgan fingerprint density at radius 1 is 1.59 bits per heavy atom. The van der Waals surface area contributed by atoms with Crippen LogP contribution < -0.4 is 4.90 Å². The number of carbonyl (C=O) groups excluding carboxylic acids is 1. The second kappa shape index (κ2) is 6.27. The Morgan fingerprint density at radius 3 is 2.82 bits per heavy atom. The van der Waals surface area contributed by atoms with Gasteiger partial charge in [-0.15, -0.1) is 0 Å². The molecule has 4 heteroatoms. The molecule has 3 nitrogen and oxygen atoms in total. The third-order valence-electron chi connectivity index (χ3n) is 2.56. The van der Waals surface area contributed by atoms with Gasteiger partial charge in [0.2, 0.25) is 0 Å². The molecular formula is C13H15ClN2O. The van der Waals surface area contributed by atoms with Gasteiger partial charge in [0.1, 0.15) is 0 Å². The van der Waals surface area contributed by atoms with Crippen LogP contribution in [0.3, 0.4) is 0 Å². The zero-order chi connectivity index (χ0) is 12.8. The van der Waals surface area contributed by atoms with Crippen LogP contribution in [0, 0.1) is 17.2 Å². The minimum Gasteiger partial charge on any atom is -0.370 e. The van der Waals surface area contributed by atoms with Crippen molar-refractivity contribution >= 4 is 23.6 Å². The molecule has 0 fully saturated rings. The van der Waals surface area contributed by atoms with E-state index in [1.54, 1.807) is 18.2 Å². The highest BCUT2D eigenvalue weighted by Crippen LogP contribution is 2.24. The Labute approximate surface area is 107 Å². The predicted octanol–water partition coefficient (Wildman–Crippen LogP) is 3.14. The van der Waals surface area contributed by atoms with Crippen molar-refractivity contribution in [3.8, 4) is 6.07 Å². The van der Waals surface area contributed by atoms with E-state index in [2.05, 4.69) is 6.07 Å². The molecule has 17 heavy (non-hydrogen) atoms. The van der Waals surface area contributed by atoms with E-state index in [9.17, 15) is 4.79 Å². The van der Waals surface area contributed by atoms with Crippen LogP contribution >= 0.6 is 11.6 Å². The van der Waals surface area contributed by atoms with Gasteiger partial charge in [-0.2, -0.15) is 5.26 Å². The average Bonchev–Trinajstić information content (AvgIpc) is 2.35. The minimum absolute atomic E-state index is 0.0894. The second-order valence-electron chi connectivity index (χ2n) is 3.89. The van der Waals surface area contributed by atoms with Crippen LogP contribution in [0.25, 0.3) is 0 Å². The molecule has 0 N–H and O–H groups in total. The number of benzene rings is 1. The average molecular weight is 251 g/mol. The molecule has 0 aliphatic carbocycles. The van der Waals surface area contributed by atoms with Gasteiger partial charge in [-0.1, -0.05) is 11.6 Å². The Bertz CT molecular complexity index is 440. The molecule has 0 bridgehead atoms. The van der Waals surface area contributed by atoms with Crippen molar-refractivity contribution in [3.05, 3.63) is 28.8 Å². The highest BCUT2D eigenvalue weighted by Gasteiger charge is 2.13. The van der Waals surface area contributed by atoms with Crippen molar-refractivity contribution in [1.29, 1.82) is 5.26 Å². The Morgan fingerprint density at radius 2 is 2.29 bits per heavy atom. The van der Waals surface area contributed by atoms with E-state index in [4.69, 9.17) is 16.9 Å². The van der Waals surface area contributed by atoms with Crippen LogP contribution in [0.15, 0.2) is 18.2 Å². The molecule has 0 spiro atoms. The summed E-state index contributed by atoms with van der Waals surface area (Å²) in [5.41, 5.74) is 1.39. The number of rotatable bonds is 5. The molecule has 1 aromatic rings. The maximum absolute atomic E-state index is 11.0. The van der Waals surface area contributed by atoms with Gasteiger partial charge >= 0.3 is 0 Å². The van der Waals surface area contributed by atoms with E-state index in [0.717, 1.165) is 18.5 Å². The molecule has 0 aliphatic rings. The summed E-state index contributed by atoms with van der Waals surface area (Å²) in [6.07, 6.45) is 0.811. The van der Waals surface area contributed by atoms with Crippen molar-refractivity contribution in [2.75, 3.05) is 18.0 Å². The molecule has 0 aromatic heterocycles. The fourth-order valence-corrected chi connectivity index (χ4v) is 1.83. The summed E-state index contributed by atoms with van der Waals surface area (Å²) >= 11 is 5.94. The fraction of sp³-hybridized carbons (Fsp3) is 0.385. The number of nitriles is 1. The molecule has 0 radical (unpaired) electrons. The first-order chi connectivity index (χ1) is 8.12. The first-order valence-electron chi connectivity index (χ1n) is 5.51. The maximum atomic E-state index is 11.0. The number of hydrogen-bond donors (Lipinski definition) is 0. The zero-order valence-electron chi connectivity index (χ0n) is 9.98. The normalized spacial score (nSPS) is 11.6. The SMILES string of the molecule is CCN(CC(C)C#N)c1cc(Cl)ccc1C=O. The predicted molar refractivity (Wildman–Crippen MR) is 69.5 cm³/mol. The van der Waals surface area contributed by atoms with Crippen LogP contribution in [0.5, 0.6) is 0 Å². The van der Waals surface area contributed by atoms with Crippen LogP contribution in [0.2, 0.25) is 5.02 Å². The standard InChI is InChI=1S/C13H15ClN2O/c1-3-16(8-10(2)7-15)13-6-12(14)5-4-11(13)9-17/h4-6,9-10H,3,8H2,1-2H3. The Balaban J connectivity index is 3.06. The number of aldehydes is 1. The fourth-order valence-electron chi connectivity index (χ4n) is 1.66. The minimum atomic E-state index is -0.0894. The summed E-state index contributed by atoms with van der Waals surface area (Å²) in [7, 11) is 0. The summed E-state index contributed by atoms with van der Waals surface area (Å²) in [5, 5.41) is 9.43. The quantitative estimate of drug-likeness (QED) is 0.754. The molecule has 0 aliphatic heterocycles. The summed E-state index contributed by atoms with van der Waals surface area (Å²) in [4.78, 5) is 13.0. The number of hydrogen-bond acceptors (Lipinski definition) is 3. The molecule has 1 aromatic carbocycles. The van der Waals surface area contributed by atoms with Gasteiger partial charge in [0.25, 0.3) is 0 Å². The zero-order valence-corrected chi connectivity index (χ0v) is 10.7. The third kappa shape index (κ3) is 3.47. The first kappa shape index (κ1) is 13.5. The van der Waals surface area contributed by atoms with Crippen molar-refractivity contribution < 1.29 is 4.79 Å². The van der Waals surface area contributed by atoms with Gasteiger partial charge in [-0.05, 0) is 32.0 Å². The van der Waals surface area contributed by atoms with E-state index >= 15 is 0 Å². The highest BCUT2D eigenvalue weighted by molar-refractivity contribution is 6.31. The number of carbonyl (C=O) groups is 1. The van der Waals surface area contributed by atoms with Gasteiger partial charge in [0, 0.05) is 29.4 Å². The molecule has 1 rings (SSSR count). The smallest absolute Gasteiger partial charge is 0.152 e. The molecule has 0 saturated carbocycles. The molecular weight excluding hydrogens is 236 g/mol.